The van der Waals surface area contributed by atoms with Crippen LogP contribution in [-0.2, 0) is 0 Å². The summed E-state index contributed by atoms with van der Waals surface area (Å²) in [6.07, 6.45) is 2.11. The van der Waals surface area contributed by atoms with Crippen molar-refractivity contribution in [3.63, 3.8) is 0 Å². The Morgan fingerprint density at radius 1 is 1.44 bits per heavy atom. The second-order valence-electron chi connectivity index (χ2n) is 5.46. The van der Waals surface area contributed by atoms with Crippen molar-refractivity contribution in [3.8, 4) is 0 Å². The second kappa shape index (κ2) is 5.57. The van der Waals surface area contributed by atoms with Gasteiger partial charge in [-0.2, -0.15) is 0 Å². The van der Waals surface area contributed by atoms with Gasteiger partial charge in [0.05, 0.1) is 12.2 Å². The number of aliphatic hydroxyl groups excluding tert-OH is 1. The first kappa shape index (κ1) is 13.8. The van der Waals surface area contributed by atoms with E-state index in [9.17, 15) is 5.11 Å². The molecule has 1 aromatic carbocycles. The number of hydrogen-bond acceptors (Lipinski definition) is 3. The molecule has 100 valence electrons. The molecule has 0 bridgehead atoms. The molecule has 1 unspecified atom stereocenters. The summed E-state index contributed by atoms with van der Waals surface area (Å²) in [5.41, 5.74) is 0.260. The lowest BCUT2D eigenvalue weighted by atomic mass is 9.76. The van der Waals surface area contributed by atoms with Crippen LogP contribution in [0.1, 0.15) is 31.2 Å². The van der Waals surface area contributed by atoms with Crippen molar-refractivity contribution >= 4 is 11.6 Å². The highest BCUT2D eigenvalue weighted by molar-refractivity contribution is 6.30. The normalized spacial score (nSPS) is 26.4. The third-order valence-corrected chi connectivity index (χ3v) is 3.81. The Labute approximate surface area is 113 Å². The zero-order valence-electron chi connectivity index (χ0n) is 10.6. The molecule has 1 aliphatic carbocycles. The zero-order chi connectivity index (χ0) is 13.2. The van der Waals surface area contributed by atoms with Gasteiger partial charge in [-0.3, -0.25) is 0 Å². The average Bonchev–Trinajstić information content (AvgIpc) is 2.27. The molecule has 1 atom stereocenters. The first-order valence-corrected chi connectivity index (χ1v) is 6.70. The molecule has 0 spiro atoms. The molecule has 3 N–H and O–H groups in total. The van der Waals surface area contributed by atoms with Gasteiger partial charge in [-0.25, -0.2) is 0 Å². The van der Waals surface area contributed by atoms with Crippen LogP contribution in [0.5, 0.6) is 0 Å². The van der Waals surface area contributed by atoms with Crippen LogP contribution in [0, 0.1) is 0 Å². The highest BCUT2D eigenvalue weighted by Crippen LogP contribution is 2.37. The Bertz CT molecular complexity index is 403. The van der Waals surface area contributed by atoms with Crippen LogP contribution in [-0.4, -0.2) is 35.0 Å². The summed E-state index contributed by atoms with van der Waals surface area (Å²) in [7, 11) is 0. The van der Waals surface area contributed by atoms with Gasteiger partial charge >= 0.3 is 0 Å². The smallest absolute Gasteiger partial charge is 0.0972 e. The summed E-state index contributed by atoms with van der Waals surface area (Å²) < 4.78 is 0. The number of rotatable bonds is 5. The van der Waals surface area contributed by atoms with Crippen LogP contribution in [0.3, 0.4) is 0 Å². The average molecular weight is 270 g/mol. The molecule has 0 amide bonds. The Balaban J connectivity index is 1.77. The molecule has 0 heterocycles. The standard InChI is InChI=1S/C14H20ClNO2/c1-14(18,9-17)8-16-13-6-11(7-13)10-3-2-4-12(15)5-10/h2-5,11,13,16-18H,6-9H2,1H3. The molecule has 0 aliphatic heterocycles. The number of halogens is 1. The van der Waals surface area contributed by atoms with E-state index in [0.717, 1.165) is 17.9 Å². The van der Waals surface area contributed by atoms with Crippen LogP contribution in [0.15, 0.2) is 24.3 Å². The van der Waals surface area contributed by atoms with Crippen molar-refractivity contribution in [2.75, 3.05) is 13.2 Å². The van der Waals surface area contributed by atoms with Crippen molar-refractivity contribution in [1.29, 1.82) is 0 Å². The lowest BCUT2D eigenvalue weighted by Crippen LogP contribution is -2.48. The van der Waals surface area contributed by atoms with Crippen molar-refractivity contribution < 1.29 is 10.2 Å². The van der Waals surface area contributed by atoms with Gasteiger partial charge < -0.3 is 15.5 Å². The SMILES string of the molecule is CC(O)(CO)CNC1CC(c2cccc(Cl)c2)C1. The van der Waals surface area contributed by atoms with Crippen molar-refractivity contribution in [2.24, 2.45) is 0 Å². The summed E-state index contributed by atoms with van der Waals surface area (Å²) in [4.78, 5) is 0. The maximum Gasteiger partial charge on any atom is 0.0972 e. The monoisotopic (exact) mass is 269 g/mol. The highest BCUT2D eigenvalue weighted by Gasteiger charge is 2.31. The van der Waals surface area contributed by atoms with E-state index in [2.05, 4.69) is 11.4 Å². The zero-order valence-corrected chi connectivity index (χ0v) is 11.3. The van der Waals surface area contributed by atoms with E-state index in [1.807, 2.05) is 18.2 Å². The number of nitrogens with one attached hydrogen (secondary N) is 1. The lowest BCUT2D eigenvalue weighted by molar-refractivity contribution is -0.00185. The van der Waals surface area contributed by atoms with E-state index in [-0.39, 0.29) is 6.61 Å². The molecule has 0 radical (unpaired) electrons. The van der Waals surface area contributed by atoms with Crippen LogP contribution >= 0.6 is 11.6 Å². The fourth-order valence-electron chi connectivity index (χ4n) is 2.24. The largest absolute Gasteiger partial charge is 0.393 e. The molecule has 0 aromatic heterocycles. The van der Waals surface area contributed by atoms with Crippen molar-refractivity contribution in [2.45, 2.75) is 37.3 Å². The van der Waals surface area contributed by atoms with E-state index < -0.39 is 5.60 Å². The molecular formula is C14H20ClNO2. The third-order valence-electron chi connectivity index (χ3n) is 3.57. The second-order valence-corrected chi connectivity index (χ2v) is 5.89. The number of benzene rings is 1. The van der Waals surface area contributed by atoms with Gasteiger partial charge in [0.2, 0.25) is 0 Å². The first-order chi connectivity index (χ1) is 8.50. The molecule has 1 fully saturated rings. The Hall–Kier alpha value is -0.610. The molecule has 3 nitrogen and oxygen atoms in total. The molecule has 2 rings (SSSR count). The van der Waals surface area contributed by atoms with E-state index in [1.165, 1.54) is 5.56 Å². The fraction of sp³-hybridized carbons (Fsp3) is 0.571. The molecule has 4 heteroatoms. The summed E-state index contributed by atoms with van der Waals surface area (Å²) in [5.74, 6) is 0.556. The van der Waals surface area contributed by atoms with Gasteiger partial charge in [-0.1, -0.05) is 23.7 Å². The van der Waals surface area contributed by atoms with E-state index in [1.54, 1.807) is 6.92 Å². The predicted molar refractivity (Wildman–Crippen MR) is 72.9 cm³/mol. The summed E-state index contributed by atoms with van der Waals surface area (Å²) in [6, 6.07) is 8.42. The van der Waals surface area contributed by atoms with Crippen LogP contribution < -0.4 is 5.32 Å². The quantitative estimate of drug-likeness (QED) is 0.766. The van der Waals surface area contributed by atoms with E-state index in [0.29, 0.717) is 18.5 Å². The Kier molecular flexibility index (Phi) is 4.28. The van der Waals surface area contributed by atoms with Crippen molar-refractivity contribution in [1.82, 2.24) is 5.32 Å². The fourth-order valence-corrected chi connectivity index (χ4v) is 2.44. The van der Waals surface area contributed by atoms with Crippen molar-refractivity contribution in [3.05, 3.63) is 34.9 Å². The van der Waals surface area contributed by atoms with E-state index >= 15 is 0 Å². The lowest BCUT2D eigenvalue weighted by Gasteiger charge is -2.38. The third kappa shape index (κ3) is 3.45. The maximum absolute atomic E-state index is 9.68. The van der Waals surface area contributed by atoms with Gasteiger partial charge in [0, 0.05) is 17.6 Å². The minimum Gasteiger partial charge on any atom is -0.393 e. The molecule has 1 saturated carbocycles. The number of hydrogen-bond donors (Lipinski definition) is 3. The Morgan fingerprint density at radius 2 is 2.17 bits per heavy atom. The first-order valence-electron chi connectivity index (χ1n) is 6.32. The van der Waals surface area contributed by atoms with Crippen LogP contribution in [0.2, 0.25) is 5.02 Å². The summed E-state index contributed by atoms with van der Waals surface area (Å²) >= 11 is 5.97. The van der Waals surface area contributed by atoms with Crippen LogP contribution in [0.4, 0.5) is 0 Å². The molecule has 0 saturated heterocycles. The molecule has 18 heavy (non-hydrogen) atoms. The minimum absolute atomic E-state index is 0.218. The number of aliphatic hydroxyl groups is 2. The predicted octanol–water partition coefficient (Wildman–Crippen LogP) is 1.92. The highest BCUT2D eigenvalue weighted by atomic mass is 35.5. The maximum atomic E-state index is 9.68. The van der Waals surface area contributed by atoms with Gasteiger partial charge in [0.25, 0.3) is 0 Å². The Morgan fingerprint density at radius 3 is 2.78 bits per heavy atom. The van der Waals surface area contributed by atoms with Gasteiger partial charge in [-0.05, 0) is 43.4 Å². The van der Waals surface area contributed by atoms with Gasteiger partial charge in [-0.15, -0.1) is 0 Å². The van der Waals surface area contributed by atoms with Gasteiger partial charge in [0.15, 0.2) is 0 Å². The van der Waals surface area contributed by atoms with E-state index in [4.69, 9.17) is 16.7 Å². The topological polar surface area (TPSA) is 52.5 Å². The minimum atomic E-state index is -1.03. The molecular weight excluding hydrogens is 250 g/mol. The summed E-state index contributed by atoms with van der Waals surface area (Å²) in [6.45, 7) is 1.84. The van der Waals surface area contributed by atoms with Gasteiger partial charge in [0.1, 0.15) is 0 Å². The molecule has 1 aromatic rings. The molecule has 1 aliphatic rings. The van der Waals surface area contributed by atoms with Crippen LogP contribution in [0.25, 0.3) is 0 Å². The summed E-state index contributed by atoms with van der Waals surface area (Å²) in [5, 5.41) is 22.7.